The minimum Gasteiger partial charge on any atom is -0.481 e. The molecule has 9 nitrogen and oxygen atoms in total. The Bertz CT molecular complexity index is 1420. The summed E-state index contributed by atoms with van der Waals surface area (Å²) in [6, 6.07) is 9.21. The molecule has 0 aliphatic heterocycles. The van der Waals surface area contributed by atoms with Gasteiger partial charge in [-0.25, -0.2) is 13.5 Å². The van der Waals surface area contributed by atoms with Gasteiger partial charge in [-0.3, -0.25) is 14.3 Å². The van der Waals surface area contributed by atoms with E-state index >= 15 is 0 Å². The molecule has 0 spiro atoms. The zero-order chi connectivity index (χ0) is 25.1. The molecule has 4 rings (SSSR count). The van der Waals surface area contributed by atoms with Gasteiger partial charge in [0.2, 0.25) is 0 Å². The van der Waals surface area contributed by atoms with Gasteiger partial charge in [0.25, 0.3) is 5.56 Å². The van der Waals surface area contributed by atoms with E-state index in [0.29, 0.717) is 6.42 Å². The Morgan fingerprint density at radius 2 is 1.80 bits per heavy atom. The molecule has 182 valence electrons. The molecule has 0 saturated heterocycles. The number of aliphatic carboxylic acids is 1. The average molecular weight is 483 g/mol. The van der Waals surface area contributed by atoms with Crippen molar-refractivity contribution in [1.82, 2.24) is 24.8 Å². The van der Waals surface area contributed by atoms with Gasteiger partial charge in [-0.15, -0.1) is 5.10 Å². The van der Waals surface area contributed by atoms with Gasteiger partial charge < -0.3 is 10.2 Å². The Morgan fingerprint density at radius 3 is 2.46 bits per heavy atom. The van der Waals surface area contributed by atoms with Gasteiger partial charge in [-0.05, 0) is 36.5 Å². The molecule has 2 heterocycles. The number of carboxylic acids is 1. The summed E-state index contributed by atoms with van der Waals surface area (Å²) < 4.78 is 29.5. The first kappa shape index (κ1) is 24.1. The van der Waals surface area contributed by atoms with Gasteiger partial charge in [-0.1, -0.05) is 29.5 Å². The summed E-state index contributed by atoms with van der Waals surface area (Å²) >= 11 is 0. The Labute approximate surface area is 198 Å². The van der Waals surface area contributed by atoms with Gasteiger partial charge >= 0.3 is 5.97 Å². The van der Waals surface area contributed by atoms with Crippen LogP contribution in [-0.4, -0.2) is 47.1 Å². The van der Waals surface area contributed by atoms with E-state index in [-0.39, 0.29) is 30.3 Å². The van der Waals surface area contributed by atoms with E-state index in [1.54, 1.807) is 10.9 Å². The number of nitrogens with zero attached hydrogens (tertiary/aromatic N) is 5. The predicted molar refractivity (Wildman–Crippen MR) is 122 cm³/mol. The van der Waals surface area contributed by atoms with Crippen LogP contribution in [0.5, 0.6) is 0 Å². The van der Waals surface area contributed by atoms with Crippen molar-refractivity contribution in [2.45, 2.75) is 31.9 Å². The van der Waals surface area contributed by atoms with Crippen LogP contribution in [0.1, 0.15) is 18.4 Å². The van der Waals surface area contributed by atoms with Crippen molar-refractivity contribution in [3.8, 4) is 11.1 Å². The van der Waals surface area contributed by atoms with Crippen LogP contribution in [-0.2, 0) is 24.8 Å². The van der Waals surface area contributed by atoms with Crippen LogP contribution < -0.4 is 5.56 Å². The van der Waals surface area contributed by atoms with Crippen molar-refractivity contribution >= 4 is 16.9 Å². The van der Waals surface area contributed by atoms with Crippen LogP contribution in [0.15, 0.2) is 53.6 Å². The maximum atomic E-state index is 13.5. The molecule has 0 saturated carbocycles. The summed E-state index contributed by atoms with van der Waals surface area (Å²) in [6.07, 6.45) is 3.05. The number of aliphatic hydroxyl groups excluding tert-OH is 1. The number of hydrogen-bond donors (Lipinski definition) is 2. The molecule has 4 aromatic rings. The molecule has 2 atom stereocenters. The second-order valence-electron chi connectivity index (χ2n) is 8.34. The summed E-state index contributed by atoms with van der Waals surface area (Å²) in [4.78, 5) is 24.3. The first-order chi connectivity index (χ1) is 16.7. The number of benzene rings is 2. The van der Waals surface area contributed by atoms with Crippen LogP contribution in [0, 0.1) is 17.6 Å². The third-order valence-corrected chi connectivity index (χ3v) is 5.92. The Hall–Kier alpha value is -3.99. The van der Waals surface area contributed by atoms with Crippen LogP contribution >= 0.6 is 0 Å². The summed E-state index contributed by atoms with van der Waals surface area (Å²) in [6.45, 7) is -0.158. The fourth-order valence-corrected chi connectivity index (χ4v) is 3.91. The van der Waals surface area contributed by atoms with Crippen molar-refractivity contribution < 1.29 is 23.8 Å². The Balaban J connectivity index is 1.40. The average Bonchev–Trinajstić information content (AvgIpc) is 3.27. The van der Waals surface area contributed by atoms with E-state index in [4.69, 9.17) is 0 Å². The SMILES string of the molecule is Cn1cc(-c2ccc(CC[C@@H](O)[C@H](CCn3nnc4cc(F)c(F)cc4c3=O)C(=O)O)cc2)cn1. The Kier molecular flexibility index (Phi) is 6.97. The van der Waals surface area contributed by atoms with E-state index < -0.39 is 35.2 Å². The number of aromatic nitrogens is 5. The predicted octanol–water partition coefficient (Wildman–Crippen LogP) is 2.55. The van der Waals surface area contributed by atoms with Gasteiger partial charge in [0, 0.05) is 31.4 Å². The number of hydrogen-bond acceptors (Lipinski definition) is 6. The third kappa shape index (κ3) is 5.40. The van der Waals surface area contributed by atoms with Crippen molar-refractivity contribution in [2.24, 2.45) is 13.0 Å². The summed E-state index contributed by atoms with van der Waals surface area (Å²) in [5.74, 6) is -4.70. The quantitative estimate of drug-likeness (QED) is 0.375. The highest BCUT2D eigenvalue weighted by Crippen LogP contribution is 2.21. The highest BCUT2D eigenvalue weighted by Gasteiger charge is 2.26. The standard InChI is InChI=1S/C24H23F2N5O4/c1-30-13-16(12-27-30)15-5-2-14(3-6-15)4-7-22(32)17(24(34)35)8-9-31-23(33)18-10-19(25)20(26)11-21(18)28-29-31/h2-3,5-6,10-13,17,22,32H,4,7-9H2,1H3,(H,34,35)/t17-,22+/m0/s1. The van der Waals surface area contributed by atoms with E-state index in [1.165, 1.54) is 0 Å². The maximum Gasteiger partial charge on any atom is 0.309 e. The zero-order valence-corrected chi connectivity index (χ0v) is 18.8. The number of aryl methyl sites for hydroxylation is 3. The monoisotopic (exact) mass is 483 g/mol. The summed E-state index contributed by atoms with van der Waals surface area (Å²) in [7, 11) is 1.84. The molecule has 0 bridgehead atoms. The lowest BCUT2D eigenvalue weighted by molar-refractivity contribution is -0.146. The van der Waals surface area contributed by atoms with Crippen molar-refractivity contribution in [3.05, 3.63) is 76.3 Å². The lowest BCUT2D eigenvalue weighted by Gasteiger charge is -2.19. The van der Waals surface area contributed by atoms with Crippen molar-refractivity contribution in [3.63, 3.8) is 0 Å². The molecule has 35 heavy (non-hydrogen) atoms. The first-order valence-corrected chi connectivity index (χ1v) is 10.9. The molecular weight excluding hydrogens is 460 g/mol. The number of rotatable bonds is 9. The van der Waals surface area contributed by atoms with E-state index in [9.17, 15) is 28.6 Å². The molecular formula is C24H23F2N5O4. The fraction of sp³-hybridized carbons (Fsp3) is 0.292. The van der Waals surface area contributed by atoms with E-state index in [2.05, 4.69) is 15.4 Å². The highest BCUT2D eigenvalue weighted by molar-refractivity contribution is 5.76. The number of fused-ring (bicyclic) bond motifs is 1. The highest BCUT2D eigenvalue weighted by atomic mass is 19.2. The number of carbonyl (C=O) groups is 1. The summed E-state index contributed by atoms with van der Waals surface area (Å²) in [5, 5.41) is 31.5. The molecule has 0 aliphatic carbocycles. The number of aliphatic hydroxyl groups is 1. The number of carboxylic acid groups (broad SMARTS) is 1. The normalized spacial score (nSPS) is 13.1. The molecule has 11 heteroatoms. The smallest absolute Gasteiger partial charge is 0.309 e. The van der Waals surface area contributed by atoms with Gasteiger partial charge in [0.05, 0.1) is 23.6 Å². The van der Waals surface area contributed by atoms with Gasteiger partial charge in [-0.2, -0.15) is 5.10 Å². The minimum absolute atomic E-state index is 0.0970. The molecule has 2 aromatic carbocycles. The first-order valence-electron chi connectivity index (χ1n) is 10.9. The maximum absolute atomic E-state index is 13.5. The second-order valence-corrected chi connectivity index (χ2v) is 8.34. The third-order valence-electron chi connectivity index (χ3n) is 5.92. The lowest BCUT2D eigenvalue weighted by Crippen LogP contribution is -2.32. The largest absolute Gasteiger partial charge is 0.481 e. The van der Waals surface area contributed by atoms with Crippen molar-refractivity contribution in [1.29, 1.82) is 0 Å². The molecule has 0 fully saturated rings. The van der Waals surface area contributed by atoms with Crippen LogP contribution in [0.4, 0.5) is 8.78 Å². The second kappa shape index (κ2) is 10.1. The van der Waals surface area contributed by atoms with E-state index in [1.807, 2.05) is 37.5 Å². The summed E-state index contributed by atoms with van der Waals surface area (Å²) in [5.41, 5.74) is 2.09. The van der Waals surface area contributed by atoms with Gasteiger partial charge in [0.1, 0.15) is 5.52 Å². The molecule has 0 unspecified atom stereocenters. The zero-order valence-electron chi connectivity index (χ0n) is 18.8. The van der Waals surface area contributed by atoms with Crippen LogP contribution in [0.2, 0.25) is 0 Å². The Morgan fingerprint density at radius 1 is 1.09 bits per heavy atom. The van der Waals surface area contributed by atoms with Gasteiger partial charge in [0.15, 0.2) is 11.6 Å². The minimum atomic E-state index is -1.21. The lowest BCUT2D eigenvalue weighted by atomic mass is 9.93. The van der Waals surface area contributed by atoms with Crippen molar-refractivity contribution in [2.75, 3.05) is 0 Å². The molecule has 2 N–H and O–H groups in total. The molecule has 0 radical (unpaired) electrons. The fourth-order valence-electron chi connectivity index (χ4n) is 3.91. The van der Waals surface area contributed by atoms with E-state index in [0.717, 1.165) is 33.5 Å². The van der Waals surface area contributed by atoms with Crippen LogP contribution in [0.3, 0.4) is 0 Å². The molecule has 0 aliphatic rings. The molecule has 2 aromatic heterocycles. The number of halogens is 2. The molecule has 0 amide bonds. The topological polar surface area (TPSA) is 123 Å². The van der Waals surface area contributed by atoms with Crippen LogP contribution in [0.25, 0.3) is 22.0 Å².